The van der Waals surface area contributed by atoms with Gasteiger partial charge in [0.15, 0.2) is 33.1 Å². The Labute approximate surface area is 496 Å². The molecule has 0 aliphatic rings. The third-order valence-corrected chi connectivity index (χ3v) is 12.8. The average Bonchev–Trinajstić information content (AvgIpc) is 3.79. The Morgan fingerprint density at radius 2 is 0.922 bits per heavy atom. The molecular weight excluding hydrogens is 1230 g/mol. The van der Waals surface area contributed by atoms with Crippen molar-refractivity contribution >= 4 is 168 Å². The van der Waals surface area contributed by atoms with Crippen molar-refractivity contribution in [3.05, 3.63) is 163 Å². The Hall–Kier alpha value is -5.09. The number of hydrazone groups is 2. The van der Waals surface area contributed by atoms with Crippen LogP contribution in [0.5, 0.6) is 0 Å². The normalized spacial score (nSPS) is 12.5. The molecule has 0 aliphatic heterocycles. The molecule has 3 atom stereocenters. The number of rotatable bonds is 16. The predicted octanol–water partition coefficient (Wildman–Crippen LogP) is 14.0. The van der Waals surface area contributed by atoms with Crippen LogP contribution in [0.25, 0.3) is 11.2 Å². The standard InChI is InChI=1S/2C16H14Cl4N4O2.C16H13Cl3N4O2/c2*1-3-26-16(25)14(13-15(20)22-12(19)7-21-13)24-23-8(2)10-5-4-9(17)6-11(10)18;1-3-25-16(24)14-13-15(21-12(19)7-20-13)23(22-14)8(2)10-5-4-9(17)6-11(10)18/h2*4-8,23H,3H2,1-2H3;4-8H,3H2,1-2H3/b24-14+;24-14-;. The number of hydrogen-bond acceptors (Lipinski definition) is 17. The second-order valence-electron chi connectivity index (χ2n) is 15.3. The van der Waals surface area contributed by atoms with Crippen molar-refractivity contribution in [1.82, 2.24) is 50.5 Å². The van der Waals surface area contributed by atoms with Crippen molar-refractivity contribution in [2.45, 2.75) is 59.7 Å². The Morgan fingerprint density at radius 1 is 0.532 bits per heavy atom. The zero-order chi connectivity index (χ0) is 56.7. The summed E-state index contributed by atoms with van der Waals surface area (Å²) in [4.78, 5) is 60.9. The van der Waals surface area contributed by atoms with Gasteiger partial charge in [0.25, 0.3) is 0 Å². The molecule has 0 aliphatic carbocycles. The summed E-state index contributed by atoms with van der Waals surface area (Å²) < 4.78 is 16.6. The number of ether oxygens (including phenoxy) is 3. The first kappa shape index (κ1) is 62.7. The lowest BCUT2D eigenvalue weighted by Gasteiger charge is -2.15. The molecule has 0 fully saturated rings. The minimum atomic E-state index is -0.701. The van der Waals surface area contributed by atoms with E-state index in [-0.39, 0.29) is 92.2 Å². The van der Waals surface area contributed by atoms with Crippen LogP contribution in [0.2, 0.25) is 55.9 Å². The lowest BCUT2D eigenvalue weighted by atomic mass is 10.1. The van der Waals surface area contributed by atoms with E-state index in [1.165, 1.54) is 18.6 Å². The second kappa shape index (κ2) is 29.8. The Morgan fingerprint density at radius 3 is 1.31 bits per heavy atom. The molecule has 2 N–H and O–H groups in total. The van der Waals surface area contributed by atoms with E-state index < -0.39 is 17.9 Å². The van der Waals surface area contributed by atoms with Gasteiger partial charge in [-0.05, 0) is 94.6 Å². The molecule has 0 radical (unpaired) electrons. The number of nitrogens with zero attached hydrogens (tertiary/aromatic N) is 10. The van der Waals surface area contributed by atoms with Crippen LogP contribution >= 0.6 is 128 Å². The van der Waals surface area contributed by atoms with E-state index in [1.54, 1.807) is 80.1 Å². The lowest BCUT2D eigenvalue weighted by Crippen LogP contribution is -2.25. The second-order valence-corrected chi connectivity index (χ2v) is 19.7. The first-order valence-corrected chi connectivity index (χ1v) is 26.5. The SMILES string of the molecule is CCOC(=O)/C(=N/NC(C)c1ccc(Cl)cc1Cl)c1ncc(Cl)nc1Cl.CCOC(=O)/C(=N\NC(C)c1ccc(Cl)cc1Cl)c1ncc(Cl)nc1Cl.CCOC(=O)c1nn(C(C)c2ccc(Cl)cc2Cl)c2nc(Cl)cnc12. The number of aromatic nitrogens is 8. The van der Waals surface area contributed by atoms with Crippen molar-refractivity contribution in [3.63, 3.8) is 0 Å². The van der Waals surface area contributed by atoms with Gasteiger partial charge in [0.2, 0.25) is 0 Å². The number of nitrogens with one attached hydrogen (secondary N) is 2. The molecule has 0 spiro atoms. The van der Waals surface area contributed by atoms with Gasteiger partial charge in [-0.2, -0.15) is 15.3 Å². The minimum Gasteiger partial charge on any atom is -0.461 e. The fourth-order valence-electron chi connectivity index (χ4n) is 6.43. The average molecular weight is 1270 g/mol. The Bertz CT molecular complexity index is 3200. The summed E-state index contributed by atoms with van der Waals surface area (Å²) in [5.74, 6) is -1.97. The summed E-state index contributed by atoms with van der Waals surface area (Å²) in [6, 6.07) is 14.4. The van der Waals surface area contributed by atoms with Gasteiger partial charge in [-0.25, -0.2) is 49.0 Å². The first-order chi connectivity index (χ1) is 36.6. The summed E-state index contributed by atoms with van der Waals surface area (Å²) in [6.07, 6.45) is 3.88. The number of carbonyl (C=O) groups is 3. The minimum absolute atomic E-state index is 0.0522. The predicted molar refractivity (Wildman–Crippen MR) is 303 cm³/mol. The maximum atomic E-state index is 12.2. The van der Waals surface area contributed by atoms with E-state index in [0.29, 0.717) is 41.3 Å². The maximum Gasteiger partial charge on any atom is 0.361 e. The molecule has 4 heterocycles. The summed E-state index contributed by atoms with van der Waals surface area (Å²) in [7, 11) is 0. The van der Waals surface area contributed by atoms with Crippen LogP contribution in [-0.4, -0.2) is 88.8 Å². The van der Waals surface area contributed by atoms with Crippen molar-refractivity contribution < 1.29 is 28.6 Å². The first-order valence-electron chi connectivity index (χ1n) is 22.4. The molecule has 406 valence electrons. The summed E-state index contributed by atoms with van der Waals surface area (Å²) >= 11 is 66.0. The maximum absolute atomic E-state index is 12.2. The molecule has 0 amide bonds. The topological polar surface area (TPSA) is 223 Å². The Balaban J connectivity index is 0.000000213. The van der Waals surface area contributed by atoms with Gasteiger partial charge >= 0.3 is 17.9 Å². The zero-order valence-electron chi connectivity index (χ0n) is 40.9. The fourth-order valence-corrected chi connectivity index (χ4v) is 9.09. The molecular formula is C48H41Cl11N12O6. The van der Waals surface area contributed by atoms with Crippen LogP contribution in [0, 0.1) is 0 Å². The molecule has 0 saturated carbocycles. The number of halogens is 11. The molecule has 29 heteroatoms. The van der Waals surface area contributed by atoms with E-state index in [4.69, 9.17) is 142 Å². The number of benzene rings is 3. The van der Waals surface area contributed by atoms with Gasteiger partial charge in [-0.15, -0.1) is 0 Å². The molecule has 0 bridgehead atoms. The third-order valence-electron chi connectivity index (χ3n) is 10.0. The van der Waals surface area contributed by atoms with Gasteiger partial charge in [0.1, 0.15) is 32.4 Å². The van der Waals surface area contributed by atoms with Crippen molar-refractivity contribution in [1.29, 1.82) is 0 Å². The number of hydrogen-bond donors (Lipinski definition) is 2. The largest absolute Gasteiger partial charge is 0.461 e. The van der Waals surface area contributed by atoms with Crippen LogP contribution in [0.3, 0.4) is 0 Å². The smallest absolute Gasteiger partial charge is 0.361 e. The number of esters is 3. The highest BCUT2D eigenvalue weighted by Crippen LogP contribution is 2.32. The van der Waals surface area contributed by atoms with Crippen molar-refractivity contribution in [2.75, 3.05) is 19.8 Å². The van der Waals surface area contributed by atoms with Crippen LogP contribution in [0.1, 0.15) is 98.2 Å². The van der Waals surface area contributed by atoms with E-state index in [2.05, 4.69) is 56.1 Å². The highest BCUT2D eigenvalue weighted by molar-refractivity contribution is 6.47. The van der Waals surface area contributed by atoms with E-state index >= 15 is 0 Å². The monoisotopic (exact) mass is 1270 g/mol. The quantitative estimate of drug-likeness (QED) is 0.0397. The molecule has 3 aromatic carbocycles. The summed E-state index contributed by atoms with van der Waals surface area (Å²) in [6.45, 7) is 11.1. The number of carbonyl (C=O) groups excluding carboxylic acids is 3. The van der Waals surface area contributed by atoms with E-state index in [1.807, 2.05) is 20.8 Å². The molecule has 0 saturated heterocycles. The third kappa shape index (κ3) is 17.2. The molecule has 77 heavy (non-hydrogen) atoms. The van der Waals surface area contributed by atoms with Crippen LogP contribution < -0.4 is 10.9 Å². The van der Waals surface area contributed by atoms with Gasteiger partial charge < -0.3 is 25.1 Å². The Kier molecular flexibility index (Phi) is 24.3. The highest BCUT2D eigenvalue weighted by atomic mass is 35.5. The molecule has 7 rings (SSSR count). The van der Waals surface area contributed by atoms with E-state index in [0.717, 1.165) is 16.7 Å². The van der Waals surface area contributed by atoms with Crippen molar-refractivity contribution in [3.8, 4) is 0 Å². The summed E-state index contributed by atoms with van der Waals surface area (Å²) in [5.41, 5.74) is 8.56. The lowest BCUT2D eigenvalue weighted by molar-refractivity contribution is -0.135. The van der Waals surface area contributed by atoms with Crippen molar-refractivity contribution in [2.24, 2.45) is 10.2 Å². The fraction of sp³-hybridized carbons (Fsp3) is 0.250. The number of fused-ring (bicyclic) bond motifs is 1. The van der Waals surface area contributed by atoms with E-state index in [9.17, 15) is 14.4 Å². The molecule has 4 aromatic heterocycles. The zero-order valence-corrected chi connectivity index (χ0v) is 49.2. The van der Waals surface area contributed by atoms with Crippen LogP contribution in [0.4, 0.5) is 0 Å². The molecule has 3 unspecified atom stereocenters. The van der Waals surface area contributed by atoms with Gasteiger partial charge in [0.05, 0.1) is 56.5 Å². The highest BCUT2D eigenvalue weighted by Gasteiger charge is 2.27. The van der Waals surface area contributed by atoms with Crippen LogP contribution in [-0.2, 0) is 23.8 Å². The molecule has 7 aromatic rings. The van der Waals surface area contributed by atoms with Gasteiger partial charge in [0, 0.05) is 30.1 Å². The van der Waals surface area contributed by atoms with Crippen LogP contribution in [0.15, 0.2) is 83.4 Å². The van der Waals surface area contributed by atoms with Gasteiger partial charge in [-0.1, -0.05) is 146 Å². The van der Waals surface area contributed by atoms with Gasteiger partial charge in [-0.3, -0.25) is 0 Å². The molecule has 18 nitrogen and oxygen atoms in total. The summed E-state index contributed by atoms with van der Waals surface area (Å²) in [5, 5.41) is 15.8.